The Morgan fingerprint density at radius 1 is 1.00 bits per heavy atom. The Morgan fingerprint density at radius 2 is 1.57 bits per heavy atom. The Labute approximate surface area is 84.1 Å². The van der Waals surface area contributed by atoms with Gasteiger partial charge in [0.05, 0.1) is 0 Å². The quantitative estimate of drug-likeness (QED) is 0.669. The molecule has 0 amide bonds. The molecule has 0 unspecified atom stereocenters. The van der Waals surface area contributed by atoms with Crippen LogP contribution in [0.4, 0.5) is 0 Å². The van der Waals surface area contributed by atoms with E-state index in [0.717, 1.165) is 16.7 Å². The molecule has 0 saturated heterocycles. The van der Waals surface area contributed by atoms with Crippen LogP contribution >= 0.6 is 0 Å². The monoisotopic (exact) mass is 186 g/mol. The number of hydrogen-bond donors (Lipinski definition) is 0. The summed E-state index contributed by atoms with van der Waals surface area (Å²) in [6.45, 7) is 6.24. The van der Waals surface area contributed by atoms with Crippen LogP contribution in [0.1, 0.15) is 26.3 Å². The van der Waals surface area contributed by atoms with Gasteiger partial charge in [0.2, 0.25) is 0 Å². The van der Waals surface area contributed by atoms with Gasteiger partial charge in [-0.3, -0.25) is 4.79 Å². The number of rotatable bonds is 1. The maximum atomic E-state index is 11.6. The highest BCUT2D eigenvalue weighted by atomic mass is 16.1. The van der Waals surface area contributed by atoms with Crippen LogP contribution in [0.15, 0.2) is 35.1 Å². The molecular formula is C13H14O. The first-order chi connectivity index (χ1) is 6.52. The van der Waals surface area contributed by atoms with Crippen LogP contribution < -0.4 is 5.43 Å². The van der Waals surface area contributed by atoms with Gasteiger partial charge in [0, 0.05) is 11.1 Å². The molecule has 72 valence electrons. The molecule has 0 aliphatic carbocycles. The second kappa shape index (κ2) is 2.81. The summed E-state index contributed by atoms with van der Waals surface area (Å²) in [7, 11) is 0. The topological polar surface area (TPSA) is 17.1 Å². The summed E-state index contributed by atoms with van der Waals surface area (Å²) in [5.41, 5.74) is 3.20. The van der Waals surface area contributed by atoms with Crippen molar-refractivity contribution < 1.29 is 0 Å². The lowest BCUT2D eigenvalue weighted by Crippen LogP contribution is -2.08. The molecule has 2 rings (SSSR count). The summed E-state index contributed by atoms with van der Waals surface area (Å²) in [6, 6.07) is 9.88. The third-order valence-electron chi connectivity index (χ3n) is 2.45. The van der Waals surface area contributed by atoms with Gasteiger partial charge >= 0.3 is 0 Å². The van der Waals surface area contributed by atoms with Crippen LogP contribution in [-0.4, -0.2) is 0 Å². The van der Waals surface area contributed by atoms with E-state index >= 15 is 0 Å². The van der Waals surface area contributed by atoms with E-state index in [9.17, 15) is 4.79 Å². The predicted octanol–water partition coefficient (Wildman–Crippen LogP) is 2.89. The van der Waals surface area contributed by atoms with Crippen molar-refractivity contribution in [3.8, 4) is 11.1 Å². The zero-order valence-corrected chi connectivity index (χ0v) is 8.79. The van der Waals surface area contributed by atoms with Crippen LogP contribution in [0.2, 0.25) is 0 Å². The molecule has 0 heterocycles. The summed E-state index contributed by atoms with van der Waals surface area (Å²) >= 11 is 0. The average molecular weight is 186 g/mol. The number of hydrogen-bond acceptors (Lipinski definition) is 1. The number of benzene rings is 1. The molecule has 0 radical (unpaired) electrons. The highest BCUT2D eigenvalue weighted by Gasteiger charge is 2.32. The van der Waals surface area contributed by atoms with Gasteiger partial charge in [-0.2, -0.15) is 0 Å². The molecule has 0 atom stereocenters. The molecule has 1 heteroatoms. The van der Waals surface area contributed by atoms with Gasteiger partial charge < -0.3 is 0 Å². The van der Waals surface area contributed by atoms with E-state index in [2.05, 4.69) is 20.8 Å². The lowest BCUT2D eigenvalue weighted by molar-refractivity contribution is 0.603. The van der Waals surface area contributed by atoms with Gasteiger partial charge in [-0.25, -0.2) is 0 Å². The molecule has 0 spiro atoms. The van der Waals surface area contributed by atoms with Crippen LogP contribution in [0.3, 0.4) is 0 Å². The SMILES string of the molecule is CC(C)(C)c1c(-c2ccccc2)c1=O. The molecule has 0 aliphatic rings. The molecule has 0 aromatic heterocycles. The standard InChI is InChI=1S/C13H14O/c1-13(2,3)11-10(12(11)14)9-7-5-4-6-8-9/h4-8H,1-3H3. The molecule has 0 N–H and O–H groups in total. The van der Waals surface area contributed by atoms with E-state index in [1.54, 1.807) is 0 Å². The smallest absolute Gasteiger partial charge is 0.191 e. The molecule has 2 aromatic rings. The Kier molecular flexibility index (Phi) is 1.84. The summed E-state index contributed by atoms with van der Waals surface area (Å²) in [5, 5.41) is 0. The van der Waals surface area contributed by atoms with Crippen molar-refractivity contribution in [2.75, 3.05) is 0 Å². The van der Waals surface area contributed by atoms with Gasteiger partial charge in [0.1, 0.15) is 0 Å². The highest BCUT2D eigenvalue weighted by molar-refractivity contribution is 5.77. The van der Waals surface area contributed by atoms with Crippen LogP contribution in [0.25, 0.3) is 11.1 Å². The van der Waals surface area contributed by atoms with Crippen molar-refractivity contribution in [3.05, 3.63) is 46.1 Å². The maximum absolute atomic E-state index is 11.6. The fourth-order valence-corrected chi connectivity index (χ4v) is 1.77. The van der Waals surface area contributed by atoms with Crippen molar-refractivity contribution >= 4 is 0 Å². The van der Waals surface area contributed by atoms with Gasteiger partial charge in [-0.05, 0) is 11.0 Å². The van der Waals surface area contributed by atoms with E-state index in [1.165, 1.54) is 0 Å². The normalized spacial score (nSPS) is 12.2. The van der Waals surface area contributed by atoms with Crippen LogP contribution in [-0.2, 0) is 5.41 Å². The molecule has 1 nitrogen and oxygen atoms in total. The predicted molar refractivity (Wildman–Crippen MR) is 59.2 cm³/mol. The van der Waals surface area contributed by atoms with Crippen molar-refractivity contribution in [3.63, 3.8) is 0 Å². The maximum Gasteiger partial charge on any atom is 0.191 e. The van der Waals surface area contributed by atoms with Crippen molar-refractivity contribution in [2.24, 2.45) is 0 Å². The Hall–Kier alpha value is -1.37. The second-order valence-electron chi connectivity index (χ2n) is 4.70. The van der Waals surface area contributed by atoms with Gasteiger partial charge in [-0.15, -0.1) is 0 Å². The van der Waals surface area contributed by atoms with Crippen LogP contribution in [0.5, 0.6) is 0 Å². The Balaban J connectivity index is 2.43. The third kappa shape index (κ3) is 1.39. The molecule has 0 fully saturated rings. The second-order valence-corrected chi connectivity index (χ2v) is 4.70. The first-order valence-electron chi connectivity index (χ1n) is 4.86. The van der Waals surface area contributed by atoms with Gasteiger partial charge in [0.25, 0.3) is 0 Å². The molecule has 0 bridgehead atoms. The molecule has 0 aliphatic heterocycles. The van der Waals surface area contributed by atoms with Crippen molar-refractivity contribution in [1.82, 2.24) is 0 Å². The Morgan fingerprint density at radius 3 is 2.00 bits per heavy atom. The minimum Gasteiger partial charge on any atom is -0.289 e. The van der Waals surface area contributed by atoms with Gasteiger partial charge in [0.15, 0.2) is 5.43 Å². The minimum absolute atomic E-state index is 0.0116. The first-order valence-corrected chi connectivity index (χ1v) is 4.86. The fraction of sp³-hybridized carbons (Fsp3) is 0.308. The van der Waals surface area contributed by atoms with E-state index in [0.29, 0.717) is 0 Å². The molecule has 2 aromatic carbocycles. The largest absolute Gasteiger partial charge is 0.289 e. The Bertz CT molecular complexity index is 451. The van der Waals surface area contributed by atoms with Crippen LogP contribution in [0, 0.1) is 0 Å². The molecule has 14 heavy (non-hydrogen) atoms. The lowest BCUT2D eigenvalue weighted by atomic mass is 9.92. The van der Waals surface area contributed by atoms with E-state index < -0.39 is 0 Å². The van der Waals surface area contributed by atoms with Gasteiger partial charge in [-0.1, -0.05) is 51.1 Å². The lowest BCUT2D eigenvalue weighted by Gasteiger charge is -2.11. The molecular weight excluding hydrogens is 172 g/mol. The summed E-state index contributed by atoms with van der Waals surface area (Å²) in [4.78, 5) is 11.6. The zero-order valence-electron chi connectivity index (χ0n) is 8.79. The zero-order chi connectivity index (χ0) is 10.3. The van der Waals surface area contributed by atoms with E-state index in [-0.39, 0.29) is 10.8 Å². The highest BCUT2D eigenvalue weighted by Crippen LogP contribution is 2.34. The summed E-state index contributed by atoms with van der Waals surface area (Å²) in [5.74, 6) is 0. The van der Waals surface area contributed by atoms with Crippen molar-refractivity contribution in [1.29, 1.82) is 0 Å². The minimum atomic E-state index is -0.0116. The van der Waals surface area contributed by atoms with E-state index in [4.69, 9.17) is 0 Å². The fourth-order valence-electron chi connectivity index (χ4n) is 1.77. The third-order valence-corrected chi connectivity index (χ3v) is 2.45. The van der Waals surface area contributed by atoms with Crippen molar-refractivity contribution in [2.45, 2.75) is 26.2 Å². The average Bonchev–Trinajstić information content (AvgIpc) is 2.78. The summed E-state index contributed by atoms with van der Waals surface area (Å²) in [6.07, 6.45) is 0. The summed E-state index contributed by atoms with van der Waals surface area (Å²) < 4.78 is 0. The van der Waals surface area contributed by atoms with E-state index in [1.807, 2.05) is 30.3 Å². The molecule has 0 saturated carbocycles. The first kappa shape index (κ1) is 9.20.